The molecule has 1 heterocycles. The van der Waals surface area contributed by atoms with Gasteiger partial charge in [-0.25, -0.2) is 13.1 Å². The van der Waals surface area contributed by atoms with Crippen molar-refractivity contribution in [2.45, 2.75) is 11.4 Å². The number of benzene rings is 1. The molecule has 1 aromatic carbocycles. The zero-order chi connectivity index (χ0) is 15.3. The zero-order valence-electron chi connectivity index (χ0n) is 11.6. The number of thioether (sulfide) groups is 1. The quantitative estimate of drug-likeness (QED) is 0.570. The molecule has 0 aliphatic rings. The standard InChI is InChI=1S/C12H17N5O2S2/c1-17-9-14-16-12(17)8-15-21(18,19)7-6-20-11-5-3-2-4-10(11)13/h2-5,9,15H,6-8,13H2,1H3. The van der Waals surface area contributed by atoms with Crippen LogP contribution < -0.4 is 10.5 Å². The highest BCUT2D eigenvalue weighted by atomic mass is 32.2. The Balaban J connectivity index is 1.82. The summed E-state index contributed by atoms with van der Waals surface area (Å²) in [5, 5.41) is 7.52. The van der Waals surface area contributed by atoms with E-state index in [1.54, 1.807) is 17.7 Å². The maximum atomic E-state index is 11.9. The first-order valence-electron chi connectivity index (χ1n) is 6.25. The molecule has 114 valence electrons. The number of aryl methyl sites for hydroxylation is 1. The predicted octanol–water partition coefficient (Wildman–Crippen LogP) is 0.609. The van der Waals surface area contributed by atoms with E-state index in [-0.39, 0.29) is 12.3 Å². The summed E-state index contributed by atoms with van der Waals surface area (Å²) in [5.41, 5.74) is 6.47. The Morgan fingerprint density at radius 2 is 2.14 bits per heavy atom. The van der Waals surface area contributed by atoms with Crippen molar-refractivity contribution < 1.29 is 8.42 Å². The molecule has 21 heavy (non-hydrogen) atoms. The molecule has 2 aromatic rings. The molecule has 0 radical (unpaired) electrons. The Kier molecular flexibility index (Phi) is 5.21. The van der Waals surface area contributed by atoms with Gasteiger partial charge in [-0.1, -0.05) is 12.1 Å². The van der Waals surface area contributed by atoms with Gasteiger partial charge in [0.25, 0.3) is 0 Å². The van der Waals surface area contributed by atoms with Gasteiger partial charge in [-0.3, -0.25) is 0 Å². The summed E-state index contributed by atoms with van der Waals surface area (Å²) in [5.74, 6) is 1.02. The summed E-state index contributed by atoms with van der Waals surface area (Å²) in [4.78, 5) is 0.890. The van der Waals surface area contributed by atoms with Crippen LogP contribution in [0.2, 0.25) is 0 Å². The van der Waals surface area contributed by atoms with Gasteiger partial charge in [-0.15, -0.1) is 22.0 Å². The van der Waals surface area contributed by atoms with Crippen LogP contribution in [-0.2, 0) is 23.6 Å². The molecule has 2 rings (SSSR count). The van der Waals surface area contributed by atoms with Crippen molar-refractivity contribution >= 4 is 27.5 Å². The van der Waals surface area contributed by atoms with Gasteiger partial charge in [0, 0.05) is 23.4 Å². The van der Waals surface area contributed by atoms with Crippen LogP contribution in [0.15, 0.2) is 35.5 Å². The number of nitrogens with zero attached hydrogens (tertiary/aromatic N) is 3. The lowest BCUT2D eigenvalue weighted by molar-refractivity contribution is 0.579. The highest BCUT2D eigenvalue weighted by Gasteiger charge is 2.12. The number of nitrogens with one attached hydrogen (secondary N) is 1. The van der Waals surface area contributed by atoms with Crippen molar-refractivity contribution in [2.24, 2.45) is 7.05 Å². The summed E-state index contributed by atoms with van der Waals surface area (Å²) in [6.07, 6.45) is 1.53. The number of rotatable bonds is 7. The van der Waals surface area contributed by atoms with Crippen molar-refractivity contribution in [1.82, 2.24) is 19.5 Å². The summed E-state index contributed by atoms with van der Waals surface area (Å²) in [7, 11) is -1.59. The van der Waals surface area contributed by atoms with Crippen LogP contribution in [0.3, 0.4) is 0 Å². The second-order valence-electron chi connectivity index (χ2n) is 4.38. The number of hydrogen-bond acceptors (Lipinski definition) is 6. The van der Waals surface area contributed by atoms with E-state index in [2.05, 4.69) is 14.9 Å². The number of para-hydroxylation sites is 1. The second-order valence-corrected chi connectivity index (χ2v) is 7.45. The topological polar surface area (TPSA) is 103 Å². The molecular formula is C12H17N5O2S2. The SMILES string of the molecule is Cn1cnnc1CNS(=O)(=O)CCSc1ccccc1N. The van der Waals surface area contributed by atoms with Crippen LogP contribution >= 0.6 is 11.8 Å². The second kappa shape index (κ2) is 6.92. The van der Waals surface area contributed by atoms with Crippen molar-refractivity contribution in [3.8, 4) is 0 Å². The average Bonchev–Trinajstić information content (AvgIpc) is 2.84. The lowest BCUT2D eigenvalue weighted by Gasteiger charge is -2.07. The lowest BCUT2D eigenvalue weighted by atomic mass is 10.3. The van der Waals surface area contributed by atoms with Gasteiger partial charge in [-0.2, -0.15) is 0 Å². The van der Waals surface area contributed by atoms with E-state index in [0.29, 0.717) is 17.3 Å². The Hall–Kier alpha value is -1.58. The Bertz CT molecular complexity index is 699. The third-order valence-corrected chi connectivity index (χ3v) is 5.46. The molecule has 0 aliphatic carbocycles. The Morgan fingerprint density at radius 3 is 2.81 bits per heavy atom. The molecule has 9 heteroatoms. The molecule has 0 atom stereocenters. The minimum absolute atomic E-state index is 0.0177. The van der Waals surface area contributed by atoms with Crippen molar-refractivity contribution in [3.63, 3.8) is 0 Å². The van der Waals surface area contributed by atoms with Crippen LogP contribution in [0, 0.1) is 0 Å². The summed E-state index contributed by atoms with van der Waals surface area (Å²) in [6.45, 7) is 0.136. The summed E-state index contributed by atoms with van der Waals surface area (Å²) >= 11 is 1.42. The van der Waals surface area contributed by atoms with Crippen molar-refractivity contribution in [3.05, 3.63) is 36.4 Å². The van der Waals surface area contributed by atoms with Crippen molar-refractivity contribution in [1.29, 1.82) is 0 Å². The fourth-order valence-electron chi connectivity index (χ4n) is 1.59. The third-order valence-electron chi connectivity index (χ3n) is 2.78. The minimum atomic E-state index is -3.35. The molecule has 3 N–H and O–H groups in total. The number of sulfonamides is 1. The van der Waals surface area contributed by atoms with E-state index in [9.17, 15) is 8.42 Å². The number of anilines is 1. The predicted molar refractivity (Wildman–Crippen MR) is 83.2 cm³/mol. The van der Waals surface area contributed by atoms with Crippen LogP contribution in [0.5, 0.6) is 0 Å². The molecule has 0 spiro atoms. The van der Waals surface area contributed by atoms with Gasteiger partial charge in [0.05, 0.1) is 12.3 Å². The van der Waals surface area contributed by atoms with E-state index >= 15 is 0 Å². The van der Waals surface area contributed by atoms with Crippen LogP contribution in [-0.4, -0.2) is 34.7 Å². The third kappa shape index (κ3) is 4.73. The highest BCUT2D eigenvalue weighted by molar-refractivity contribution is 8.00. The van der Waals surface area contributed by atoms with E-state index in [0.717, 1.165) is 4.90 Å². The average molecular weight is 327 g/mol. The van der Waals surface area contributed by atoms with Crippen LogP contribution in [0.4, 0.5) is 5.69 Å². The first kappa shape index (κ1) is 15.8. The molecule has 1 aromatic heterocycles. The van der Waals surface area contributed by atoms with Crippen molar-refractivity contribution in [2.75, 3.05) is 17.2 Å². The number of nitrogen functional groups attached to an aromatic ring is 1. The van der Waals surface area contributed by atoms with E-state index in [1.807, 2.05) is 18.2 Å². The fourth-order valence-corrected chi connectivity index (χ4v) is 3.92. The largest absolute Gasteiger partial charge is 0.398 e. The molecular weight excluding hydrogens is 310 g/mol. The van der Waals surface area contributed by atoms with E-state index < -0.39 is 10.0 Å². The molecule has 0 saturated carbocycles. The van der Waals surface area contributed by atoms with Gasteiger partial charge in [-0.05, 0) is 12.1 Å². The molecule has 0 amide bonds. The molecule has 7 nitrogen and oxygen atoms in total. The maximum absolute atomic E-state index is 11.9. The smallest absolute Gasteiger partial charge is 0.212 e. The molecule has 0 bridgehead atoms. The maximum Gasteiger partial charge on any atom is 0.212 e. The van der Waals surface area contributed by atoms with Crippen LogP contribution in [0.25, 0.3) is 0 Å². The fraction of sp³-hybridized carbons (Fsp3) is 0.333. The Morgan fingerprint density at radius 1 is 1.38 bits per heavy atom. The number of aromatic nitrogens is 3. The number of hydrogen-bond donors (Lipinski definition) is 2. The lowest BCUT2D eigenvalue weighted by Crippen LogP contribution is -2.28. The van der Waals surface area contributed by atoms with E-state index in [4.69, 9.17) is 5.73 Å². The summed E-state index contributed by atoms with van der Waals surface area (Å²) in [6, 6.07) is 7.39. The van der Waals surface area contributed by atoms with Gasteiger partial charge >= 0.3 is 0 Å². The van der Waals surface area contributed by atoms with Gasteiger partial charge in [0.1, 0.15) is 12.2 Å². The van der Waals surface area contributed by atoms with Crippen LogP contribution in [0.1, 0.15) is 5.82 Å². The Labute approximate surface area is 128 Å². The van der Waals surface area contributed by atoms with Gasteiger partial charge in [0.2, 0.25) is 10.0 Å². The molecule has 0 fully saturated rings. The minimum Gasteiger partial charge on any atom is -0.398 e. The summed E-state index contributed by atoms with van der Waals surface area (Å²) < 4.78 is 28.0. The number of nitrogens with two attached hydrogens (primary N) is 1. The van der Waals surface area contributed by atoms with E-state index in [1.165, 1.54) is 18.1 Å². The highest BCUT2D eigenvalue weighted by Crippen LogP contribution is 2.24. The normalized spacial score (nSPS) is 11.7. The zero-order valence-corrected chi connectivity index (χ0v) is 13.2. The first-order valence-corrected chi connectivity index (χ1v) is 8.89. The molecule has 0 unspecified atom stereocenters. The molecule has 0 saturated heterocycles. The van der Waals surface area contributed by atoms with Gasteiger partial charge in [0.15, 0.2) is 0 Å². The first-order chi connectivity index (χ1) is 9.98. The monoisotopic (exact) mass is 327 g/mol. The van der Waals surface area contributed by atoms with Gasteiger partial charge < -0.3 is 10.3 Å². The molecule has 0 aliphatic heterocycles.